The molecule has 0 unspecified atom stereocenters. The number of anilines is 1. The van der Waals surface area contributed by atoms with E-state index in [1.54, 1.807) is 7.11 Å². The zero-order valence-electron chi connectivity index (χ0n) is 17.1. The molecule has 0 atom stereocenters. The second-order valence-corrected chi connectivity index (χ2v) is 7.42. The van der Waals surface area contributed by atoms with Gasteiger partial charge in [0.1, 0.15) is 16.8 Å². The van der Waals surface area contributed by atoms with E-state index in [0.717, 1.165) is 33.5 Å². The van der Waals surface area contributed by atoms with Crippen LogP contribution in [0.1, 0.15) is 16.7 Å². The van der Waals surface area contributed by atoms with Crippen LogP contribution in [0.4, 0.5) is 5.69 Å². The van der Waals surface area contributed by atoms with Gasteiger partial charge < -0.3 is 10.5 Å². The first-order valence-corrected chi connectivity index (χ1v) is 10.1. The maximum absolute atomic E-state index is 6.02. The molecule has 31 heavy (non-hydrogen) atoms. The van der Waals surface area contributed by atoms with Crippen LogP contribution >= 0.6 is 0 Å². The smallest absolute Gasteiger partial charge is 0.140 e. The van der Waals surface area contributed by atoms with Gasteiger partial charge in [-0.25, -0.2) is 4.68 Å². The number of fused-ring (bicyclic) bond motifs is 1. The normalized spacial score (nSPS) is 11.5. The molecule has 5 nitrogen and oxygen atoms in total. The van der Waals surface area contributed by atoms with Gasteiger partial charge in [-0.15, -0.1) is 5.10 Å². The number of methoxy groups -OCH3 is 1. The molecule has 2 N–H and O–H groups in total. The minimum Gasteiger partial charge on any atom is -0.497 e. The molecule has 0 saturated carbocycles. The van der Waals surface area contributed by atoms with Gasteiger partial charge >= 0.3 is 0 Å². The highest BCUT2D eigenvalue weighted by atomic mass is 16.5. The molecule has 0 fully saturated rings. The van der Waals surface area contributed by atoms with Crippen molar-refractivity contribution in [3.8, 4) is 5.75 Å². The molecule has 1 aromatic heterocycles. The van der Waals surface area contributed by atoms with E-state index in [1.165, 1.54) is 0 Å². The van der Waals surface area contributed by atoms with Crippen molar-refractivity contribution in [1.82, 2.24) is 15.0 Å². The third-order valence-electron chi connectivity index (χ3n) is 5.68. The van der Waals surface area contributed by atoms with Crippen LogP contribution in [0.25, 0.3) is 11.0 Å². The minimum atomic E-state index is -0.736. The van der Waals surface area contributed by atoms with Gasteiger partial charge in [-0.1, -0.05) is 78.0 Å². The molecule has 5 rings (SSSR count). The monoisotopic (exact) mass is 406 g/mol. The zero-order chi connectivity index (χ0) is 21.3. The quantitative estimate of drug-likeness (QED) is 0.334. The summed E-state index contributed by atoms with van der Waals surface area (Å²) in [5.74, 6) is 0.801. The number of nitrogens with zero attached hydrogens (tertiary/aromatic N) is 3. The molecule has 1 heterocycles. The summed E-state index contributed by atoms with van der Waals surface area (Å²) in [4.78, 5) is 0. The summed E-state index contributed by atoms with van der Waals surface area (Å²) in [6.45, 7) is 0. The fourth-order valence-electron chi connectivity index (χ4n) is 4.25. The third kappa shape index (κ3) is 3.02. The largest absolute Gasteiger partial charge is 0.497 e. The summed E-state index contributed by atoms with van der Waals surface area (Å²) in [6.07, 6.45) is 0. The van der Waals surface area contributed by atoms with Gasteiger partial charge in [-0.2, -0.15) is 0 Å². The average Bonchev–Trinajstić information content (AvgIpc) is 3.25. The van der Waals surface area contributed by atoms with E-state index in [2.05, 4.69) is 46.7 Å². The van der Waals surface area contributed by atoms with E-state index in [9.17, 15) is 0 Å². The summed E-state index contributed by atoms with van der Waals surface area (Å²) < 4.78 is 7.41. The summed E-state index contributed by atoms with van der Waals surface area (Å²) in [6, 6.07) is 34.6. The van der Waals surface area contributed by atoms with Crippen molar-refractivity contribution in [3.05, 3.63) is 120 Å². The lowest BCUT2D eigenvalue weighted by Gasteiger charge is -2.36. The molecular formula is C26H22N4O. The molecule has 0 radical (unpaired) electrons. The summed E-state index contributed by atoms with van der Waals surface area (Å²) in [5.41, 5.74) is 10.8. The topological polar surface area (TPSA) is 66.0 Å². The highest BCUT2D eigenvalue weighted by molar-refractivity contribution is 5.79. The summed E-state index contributed by atoms with van der Waals surface area (Å²) >= 11 is 0. The van der Waals surface area contributed by atoms with Crippen LogP contribution in [-0.2, 0) is 5.54 Å². The molecule has 0 bridgehead atoms. The van der Waals surface area contributed by atoms with Crippen molar-refractivity contribution in [2.24, 2.45) is 0 Å². The number of nitrogen functional groups attached to an aromatic ring is 1. The van der Waals surface area contributed by atoms with Crippen molar-refractivity contribution in [3.63, 3.8) is 0 Å². The first kappa shape index (κ1) is 18.9. The van der Waals surface area contributed by atoms with E-state index in [0.29, 0.717) is 5.69 Å². The fraction of sp³-hybridized carbons (Fsp3) is 0.0769. The number of hydrogen-bond donors (Lipinski definition) is 1. The average molecular weight is 406 g/mol. The van der Waals surface area contributed by atoms with Crippen LogP contribution in [0.5, 0.6) is 5.75 Å². The Kier molecular flexibility index (Phi) is 4.64. The second-order valence-electron chi connectivity index (χ2n) is 7.42. The van der Waals surface area contributed by atoms with Gasteiger partial charge in [-0.3, -0.25) is 0 Å². The predicted octanol–water partition coefficient (Wildman–Crippen LogP) is 4.86. The minimum absolute atomic E-state index is 0.661. The molecule has 152 valence electrons. The van der Waals surface area contributed by atoms with Crippen LogP contribution < -0.4 is 10.5 Å². The van der Waals surface area contributed by atoms with Crippen molar-refractivity contribution in [2.45, 2.75) is 5.54 Å². The van der Waals surface area contributed by atoms with Crippen molar-refractivity contribution in [1.29, 1.82) is 0 Å². The molecule has 0 spiro atoms. The van der Waals surface area contributed by atoms with Gasteiger partial charge in [0.15, 0.2) is 0 Å². The molecule has 0 aliphatic carbocycles. The summed E-state index contributed by atoms with van der Waals surface area (Å²) in [5, 5.41) is 9.12. The Bertz CT molecular complexity index is 1270. The first-order chi connectivity index (χ1) is 15.2. The SMILES string of the molecule is COc1ccc(C(c2ccccc2)(c2ccccc2)n2nnc3cc(N)ccc32)cc1. The van der Waals surface area contributed by atoms with Crippen LogP contribution in [0.15, 0.2) is 103 Å². The van der Waals surface area contributed by atoms with E-state index in [4.69, 9.17) is 10.5 Å². The highest BCUT2D eigenvalue weighted by Gasteiger charge is 2.40. The van der Waals surface area contributed by atoms with Gasteiger partial charge in [0.05, 0.1) is 12.6 Å². The van der Waals surface area contributed by atoms with Crippen LogP contribution in [0.2, 0.25) is 0 Å². The Morgan fingerprint density at radius 1 is 0.742 bits per heavy atom. The van der Waals surface area contributed by atoms with Crippen molar-refractivity contribution in [2.75, 3.05) is 12.8 Å². The maximum atomic E-state index is 6.02. The number of rotatable bonds is 5. The lowest BCUT2D eigenvalue weighted by molar-refractivity contribution is 0.413. The molecule has 0 saturated heterocycles. The number of hydrogen-bond acceptors (Lipinski definition) is 4. The molecule has 0 amide bonds. The Morgan fingerprint density at radius 2 is 1.32 bits per heavy atom. The second kappa shape index (κ2) is 7.61. The van der Waals surface area contributed by atoms with E-state index < -0.39 is 5.54 Å². The van der Waals surface area contributed by atoms with Crippen LogP contribution in [-0.4, -0.2) is 22.1 Å². The third-order valence-corrected chi connectivity index (χ3v) is 5.68. The molecule has 5 aromatic rings. The Labute approximate surface area is 180 Å². The lowest BCUT2D eigenvalue weighted by atomic mass is 9.77. The van der Waals surface area contributed by atoms with Gasteiger partial charge in [0.25, 0.3) is 0 Å². The summed E-state index contributed by atoms with van der Waals surface area (Å²) in [7, 11) is 1.67. The molecular weight excluding hydrogens is 384 g/mol. The standard InChI is InChI=1S/C26H22N4O/c1-31-23-15-12-21(13-16-23)26(19-8-4-2-5-9-19,20-10-6-3-7-11-20)30-25-17-14-22(27)18-24(25)28-29-30/h2-18H,27H2,1H3. The van der Waals surface area contributed by atoms with Crippen LogP contribution in [0, 0.1) is 0 Å². The Hall–Kier alpha value is -4.12. The number of ether oxygens (including phenoxy) is 1. The fourth-order valence-corrected chi connectivity index (χ4v) is 4.25. The van der Waals surface area contributed by atoms with Crippen molar-refractivity contribution >= 4 is 16.7 Å². The molecule has 0 aliphatic heterocycles. The van der Waals surface area contributed by atoms with E-state index in [-0.39, 0.29) is 0 Å². The first-order valence-electron chi connectivity index (χ1n) is 10.1. The molecule has 0 aliphatic rings. The number of nitrogens with two attached hydrogens (primary N) is 1. The molecule has 5 heteroatoms. The van der Waals surface area contributed by atoms with Gasteiger partial charge in [-0.05, 0) is 47.0 Å². The Morgan fingerprint density at radius 3 is 1.90 bits per heavy atom. The van der Waals surface area contributed by atoms with Gasteiger partial charge in [0, 0.05) is 5.69 Å². The van der Waals surface area contributed by atoms with Crippen LogP contribution in [0.3, 0.4) is 0 Å². The van der Waals surface area contributed by atoms with E-state index in [1.807, 2.05) is 71.4 Å². The highest BCUT2D eigenvalue weighted by Crippen LogP contribution is 2.42. The zero-order valence-corrected chi connectivity index (χ0v) is 17.1. The van der Waals surface area contributed by atoms with E-state index >= 15 is 0 Å². The van der Waals surface area contributed by atoms with Gasteiger partial charge in [0.2, 0.25) is 0 Å². The maximum Gasteiger partial charge on any atom is 0.140 e. The number of aromatic nitrogens is 3. The lowest BCUT2D eigenvalue weighted by Crippen LogP contribution is -2.38. The Balaban J connectivity index is 1.92. The number of benzene rings is 4. The predicted molar refractivity (Wildman–Crippen MR) is 123 cm³/mol. The molecule has 4 aromatic carbocycles. The van der Waals surface area contributed by atoms with Crippen molar-refractivity contribution < 1.29 is 4.74 Å².